The molecule has 4 heterocycles. The van der Waals surface area contributed by atoms with Crippen LogP contribution in [0.15, 0.2) is 148 Å². The number of unbranched alkanes of at least 4 members (excludes halogenated alkanes) is 1. The topological polar surface area (TPSA) is 149 Å². The van der Waals surface area contributed by atoms with Crippen LogP contribution < -0.4 is 5.32 Å². The molecule has 296 valence electrons. The van der Waals surface area contributed by atoms with Crippen molar-refractivity contribution in [3.05, 3.63) is 183 Å². The van der Waals surface area contributed by atoms with Crippen LogP contribution in [0.2, 0.25) is 0 Å². The van der Waals surface area contributed by atoms with Gasteiger partial charge in [0, 0.05) is 34.2 Å². The quantitative estimate of drug-likeness (QED) is 0.0823. The van der Waals surface area contributed by atoms with E-state index in [1.54, 1.807) is 66.4 Å². The van der Waals surface area contributed by atoms with Crippen molar-refractivity contribution in [3.63, 3.8) is 0 Å². The average Bonchev–Trinajstić information content (AvgIpc) is 4.12. The highest BCUT2D eigenvalue weighted by Crippen LogP contribution is 2.37. The van der Waals surface area contributed by atoms with Gasteiger partial charge in [-0.1, -0.05) is 49.7 Å². The number of carbonyl (C=O) groups is 4. The third-order valence-corrected chi connectivity index (χ3v) is 10.7. The summed E-state index contributed by atoms with van der Waals surface area (Å²) in [7, 11) is 4.02. The SMILES string of the molecule is CCCCSC1=N/C(=C(/c2ccc(C(=O)OC)cc2)c2ccc(/C(=C3/C=CC(C(=C4/C=CC(=O)N4)/c4ccc(C(=O)OC)cc4)=N3)c3ccc(C(=O)OC)cc3)[nH]2)C=C1. The van der Waals surface area contributed by atoms with Crippen LogP contribution in [0, 0.1) is 0 Å². The number of rotatable bonds is 12. The van der Waals surface area contributed by atoms with E-state index in [1.165, 1.54) is 27.4 Å². The number of aliphatic imine (C=N–C) groups is 2. The molecule has 1 amide bonds. The van der Waals surface area contributed by atoms with Crippen LogP contribution in [0.5, 0.6) is 0 Å². The number of H-pyrrole nitrogens is 1. The predicted octanol–water partition coefficient (Wildman–Crippen LogP) is 8.50. The molecular formula is C47H40N4O7S. The fourth-order valence-electron chi connectivity index (χ4n) is 6.73. The molecule has 1 aromatic heterocycles. The highest BCUT2D eigenvalue weighted by Gasteiger charge is 2.24. The summed E-state index contributed by atoms with van der Waals surface area (Å²) < 4.78 is 14.8. The number of methoxy groups -OCH3 is 3. The van der Waals surface area contributed by atoms with Crippen molar-refractivity contribution in [2.75, 3.05) is 27.1 Å². The summed E-state index contributed by atoms with van der Waals surface area (Å²) in [6, 6.07) is 25.2. The number of hydrogen-bond acceptors (Lipinski definition) is 10. The fraction of sp³-hybridized carbons (Fsp3) is 0.149. The van der Waals surface area contributed by atoms with Crippen LogP contribution in [-0.4, -0.2) is 66.6 Å². The average molecular weight is 805 g/mol. The first kappa shape index (κ1) is 40.2. The Bertz CT molecular complexity index is 2580. The third-order valence-electron chi connectivity index (χ3n) is 9.71. The molecule has 0 saturated heterocycles. The lowest BCUT2D eigenvalue weighted by molar-refractivity contribution is -0.115. The van der Waals surface area contributed by atoms with Crippen molar-refractivity contribution in [2.24, 2.45) is 9.98 Å². The Morgan fingerprint density at radius 3 is 1.47 bits per heavy atom. The summed E-state index contributed by atoms with van der Waals surface area (Å²) in [5.74, 6) is -0.643. The van der Waals surface area contributed by atoms with Gasteiger partial charge in [0.05, 0.1) is 65.9 Å². The minimum absolute atomic E-state index is 0.259. The summed E-state index contributed by atoms with van der Waals surface area (Å²) in [6.45, 7) is 2.16. The molecule has 11 nitrogen and oxygen atoms in total. The number of amides is 1. The van der Waals surface area contributed by atoms with Crippen molar-refractivity contribution < 1.29 is 33.4 Å². The number of ether oxygens (including phenoxy) is 3. The van der Waals surface area contributed by atoms with E-state index in [2.05, 4.69) is 17.2 Å². The van der Waals surface area contributed by atoms with Gasteiger partial charge in [-0.25, -0.2) is 24.4 Å². The Balaban J connectivity index is 1.37. The summed E-state index contributed by atoms with van der Waals surface area (Å²) in [4.78, 5) is 63.2. The maximum atomic E-state index is 12.4. The minimum Gasteiger partial charge on any atom is -0.465 e. The van der Waals surface area contributed by atoms with Gasteiger partial charge in [0.2, 0.25) is 5.91 Å². The normalized spacial score (nSPS) is 16.7. The highest BCUT2D eigenvalue weighted by atomic mass is 32.2. The Labute approximate surface area is 345 Å². The number of aromatic amines is 1. The van der Waals surface area contributed by atoms with Gasteiger partial charge in [-0.3, -0.25) is 4.79 Å². The second-order valence-electron chi connectivity index (χ2n) is 13.4. The van der Waals surface area contributed by atoms with Gasteiger partial charge in [0.1, 0.15) is 0 Å². The number of esters is 3. The van der Waals surface area contributed by atoms with Crippen LogP contribution in [0.4, 0.5) is 0 Å². The molecule has 0 fully saturated rings. The Kier molecular flexibility index (Phi) is 12.3. The minimum atomic E-state index is -0.463. The van der Waals surface area contributed by atoms with Crippen LogP contribution >= 0.6 is 11.8 Å². The first-order valence-electron chi connectivity index (χ1n) is 18.9. The fourth-order valence-corrected chi connectivity index (χ4v) is 7.70. The monoisotopic (exact) mass is 804 g/mol. The molecule has 3 aliphatic heterocycles. The molecule has 0 bridgehead atoms. The summed E-state index contributed by atoms with van der Waals surface area (Å²) in [5, 5.41) is 3.83. The number of thioether (sulfide) groups is 1. The van der Waals surface area contributed by atoms with Crippen molar-refractivity contribution in [3.8, 4) is 0 Å². The second kappa shape index (κ2) is 18.0. The maximum Gasteiger partial charge on any atom is 0.337 e. The van der Waals surface area contributed by atoms with Gasteiger partial charge in [0.25, 0.3) is 0 Å². The van der Waals surface area contributed by atoms with Gasteiger partial charge < -0.3 is 24.5 Å². The zero-order valence-corrected chi connectivity index (χ0v) is 33.6. The molecule has 0 aliphatic carbocycles. The predicted molar refractivity (Wildman–Crippen MR) is 231 cm³/mol. The zero-order chi connectivity index (χ0) is 41.5. The zero-order valence-electron chi connectivity index (χ0n) is 32.8. The molecule has 0 radical (unpaired) electrons. The van der Waals surface area contributed by atoms with E-state index in [9.17, 15) is 19.2 Å². The summed E-state index contributed by atoms with van der Waals surface area (Å²) in [6.07, 6.45) is 13.1. The molecule has 0 unspecified atom stereocenters. The van der Waals surface area contributed by atoms with E-state index < -0.39 is 17.9 Å². The number of allylic oxidation sites excluding steroid dienone is 5. The number of benzene rings is 3. The van der Waals surface area contributed by atoms with Crippen LogP contribution in [-0.2, 0) is 19.0 Å². The second-order valence-corrected chi connectivity index (χ2v) is 14.6. The van der Waals surface area contributed by atoms with Crippen molar-refractivity contribution in [1.29, 1.82) is 0 Å². The lowest BCUT2D eigenvalue weighted by Crippen LogP contribution is -2.16. The molecular weight excluding hydrogens is 765 g/mol. The van der Waals surface area contributed by atoms with E-state index in [4.69, 9.17) is 24.2 Å². The van der Waals surface area contributed by atoms with Crippen LogP contribution in [0.25, 0.3) is 16.7 Å². The largest absolute Gasteiger partial charge is 0.465 e. The number of aromatic nitrogens is 1. The van der Waals surface area contributed by atoms with E-state index in [0.29, 0.717) is 39.4 Å². The first-order chi connectivity index (χ1) is 28.7. The van der Waals surface area contributed by atoms with Crippen LogP contribution in [0.3, 0.4) is 0 Å². The van der Waals surface area contributed by atoms with E-state index in [-0.39, 0.29) is 5.91 Å². The molecule has 2 N–H and O–H groups in total. The highest BCUT2D eigenvalue weighted by molar-refractivity contribution is 8.14. The number of nitrogens with one attached hydrogen (secondary N) is 2. The third kappa shape index (κ3) is 8.78. The van der Waals surface area contributed by atoms with Gasteiger partial charge in [-0.05, 0) is 108 Å². The summed E-state index contributed by atoms with van der Waals surface area (Å²) in [5.41, 5.74) is 9.79. The Morgan fingerprint density at radius 1 is 0.559 bits per heavy atom. The Hall–Kier alpha value is -7.05. The molecule has 7 rings (SSSR count). The van der Waals surface area contributed by atoms with Gasteiger partial charge in [-0.2, -0.15) is 0 Å². The number of nitrogens with zero attached hydrogens (tertiary/aromatic N) is 2. The molecule has 3 aromatic carbocycles. The smallest absolute Gasteiger partial charge is 0.337 e. The molecule has 3 aliphatic rings. The van der Waals surface area contributed by atoms with Gasteiger partial charge in [-0.15, -0.1) is 11.8 Å². The number of carbonyl (C=O) groups excluding carboxylic acids is 4. The molecule has 4 aromatic rings. The van der Waals surface area contributed by atoms with Gasteiger partial charge in [0.15, 0.2) is 0 Å². The van der Waals surface area contributed by atoms with Crippen molar-refractivity contribution in [2.45, 2.75) is 19.8 Å². The lowest BCUT2D eigenvalue weighted by Gasteiger charge is -2.13. The molecule has 59 heavy (non-hydrogen) atoms. The van der Waals surface area contributed by atoms with E-state index >= 15 is 0 Å². The lowest BCUT2D eigenvalue weighted by atomic mass is 9.97. The Morgan fingerprint density at radius 2 is 1.02 bits per heavy atom. The standard InChI is InChI=1S/C47H40N4O7S/c1-5-6-27-59-41-26-24-39(51-41)44(30-11-17-33(18-12-30)47(55)58-4)37-22-20-35(49-37)42(28-7-13-31(14-8-28)45(53)56-2)34-19-21-36(48-34)43(38-23-25-40(52)50-38)29-9-15-32(16-10-29)46(54)57-3/h7-26,49H,5-6,27H2,1-4H3,(H,50,52)/b42-34-,43-38-,44-39-. The van der Waals surface area contributed by atoms with Gasteiger partial charge >= 0.3 is 17.9 Å². The molecule has 12 heteroatoms. The molecule has 0 atom stereocenters. The van der Waals surface area contributed by atoms with Crippen molar-refractivity contribution in [1.82, 2.24) is 10.3 Å². The van der Waals surface area contributed by atoms with E-state index in [1.807, 2.05) is 60.7 Å². The maximum absolute atomic E-state index is 12.4. The van der Waals surface area contributed by atoms with E-state index in [0.717, 1.165) is 68.6 Å². The number of hydrogen-bond donors (Lipinski definition) is 2. The first-order valence-corrected chi connectivity index (χ1v) is 19.8. The van der Waals surface area contributed by atoms with Crippen molar-refractivity contribution >= 4 is 63.1 Å². The summed E-state index contributed by atoms with van der Waals surface area (Å²) >= 11 is 1.71. The molecule has 0 saturated carbocycles. The molecule has 0 spiro atoms. The van der Waals surface area contributed by atoms with Crippen LogP contribution in [0.1, 0.15) is 78.9 Å².